The standard InChI is InChI=1S/C13H19FO/c1-9(2)8-15-13-6-11(10(3)4)5-12(14)7-13/h5-7,9-10H,8H2,1-4H3. The SMILES string of the molecule is CC(C)COc1cc(F)cc(C(C)C)c1. The average Bonchev–Trinajstić information content (AvgIpc) is 2.13. The molecular weight excluding hydrogens is 191 g/mol. The van der Waals surface area contributed by atoms with Crippen LogP contribution in [0.2, 0.25) is 0 Å². The highest BCUT2D eigenvalue weighted by Crippen LogP contribution is 2.22. The molecule has 84 valence electrons. The van der Waals surface area contributed by atoms with Gasteiger partial charge in [-0.15, -0.1) is 0 Å². The smallest absolute Gasteiger partial charge is 0.127 e. The molecule has 15 heavy (non-hydrogen) atoms. The van der Waals surface area contributed by atoms with E-state index in [1.54, 1.807) is 6.07 Å². The van der Waals surface area contributed by atoms with Gasteiger partial charge in [0.05, 0.1) is 6.61 Å². The minimum absolute atomic E-state index is 0.222. The summed E-state index contributed by atoms with van der Waals surface area (Å²) in [6, 6.07) is 4.91. The Morgan fingerprint density at radius 2 is 1.80 bits per heavy atom. The second-order valence-corrected chi connectivity index (χ2v) is 4.58. The highest BCUT2D eigenvalue weighted by molar-refractivity contribution is 5.31. The summed E-state index contributed by atoms with van der Waals surface area (Å²) in [5.74, 6) is 1.19. The van der Waals surface area contributed by atoms with Gasteiger partial charge in [0.25, 0.3) is 0 Å². The zero-order chi connectivity index (χ0) is 11.4. The molecule has 0 saturated carbocycles. The van der Waals surface area contributed by atoms with Crippen LogP contribution < -0.4 is 4.74 Å². The molecule has 0 bridgehead atoms. The van der Waals surface area contributed by atoms with Gasteiger partial charge in [0.2, 0.25) is 0 Å². The second-order valence-electron chi connectivity index (χ2n) is 4.58. The van der Waals surface area contributed by atoms with Gasteiger partial charge >= 0.3 is 0 Å². The third-order valence-electron chi connectivity index (χ3n) is 2.14. The number of halogens is 1. The molecule has 0 aliphatic rings. The normalized spacial score (nSPS) is 11.1. The van der Waals surface area contributed by atoms with Crippen molar-refractivity contribution in [3.05, 3.63) is 29.6 Å². The molecule has 0 amide bonds. The topological polar surface area (TPSA) is 9.23 Å². The average molecular weight is 210 g/mol. The fourth-order valence-electron chi connectivity index (χ4n) is 1.26. The van der Waals surface area contributed by atoms with Crippen LogP contribution in [0, 0.1) is 11.7 Å². The van der Waals surface area contributed by atoms with Crippen LogP contribution in [0.15, 0.2) is 18.2 Å². The van der Waals surface area contributed by atoms with Crippen molar-refractivity contribution in [1.29, 1.82) is 0 Å². The molecular formula is C13H19FO. The maximum absolute atomic E-state index is 13.2. The van der Waals surface area contributed by atoms with E-state index in [9.17, 15) is 4.39 Å². The summed E-state index contributed by atoms with van der Waals surface area (Å²) in [6.45, 7) is 8.86. The summed E-state index contributed by atoms with van der Waals surface area (Å²) in [7, 11) is 0. The van der Waals surface area contributed by atoms with E-state index < -0.39 is 0 Å². The summed E-state index contributed by atoms with van der Waals surface area (Å²) in [5.41, 5.74) is 0.980. The minimum Gasteiger partial charge on any atom is -0.493 e. The largest absolute Gasteiger partial charge is 0.493 e. The van der Waals surface area contributed by atoms with Crippen LogP contribution in [0.3, 0.4) is 0 Å². The molecule has 0 aliphatic heterocycles. The lowest BCUT2D eigenvalue weighted by atomic mass is 10.0. The van der Waals surface area contributed by atoms with E-state index >= 15 is 0 Å². The van der Waals surface area contributed by atoms with Crippen molar-refractivity contribution in [3.8, 4) is 5.75 Å². The van der Waals surface area contributed by atoms with Crippen molar-refractivity contribution in [2.45, 2.75) is 33.6 Å². The number of benzene rings is 1. The van der Waals surface area contributed by atoms with Crippen LogP contribution in [0.1, 0.15) is 39.2 Å². The Bertz CT molecular complexity index is 318. The number of ether oxygens (including phenoxy) is 1. The fraction of sp³-hybridized carbons (Fsp3) is 0.538. The molecule has 1 aromatic rings. The van der Waals surface area contributed by atoms with Gasteiger partial charge in [-0.3, -0.25) is 0 Å². The van der Waals surface area contributed by atoms with E-state index in [1.807, 2.05) is 19.9 Å². The molecule has 0 N–H and O–H groups in total. The molecule has 0 aliphatic carbocycles. The summed E-state index contributed by atoms with van der Waals surface area (Å²) >= 11 is 0. The molecule has 0 heterocycles. The molecule has 0 radical (unpaired) electrons. The van der Waals surface area contributed by atoms with Gasteiger partial charge < -0.3 is 4.74 Å². The van der Waals surface area contributed by atoms with Crippen molar-refractivity contribution < 1.29 is 9.13 Å². The van der Waals surface area contributed by atoms with Crippen molar-refractivity contribution >= 4 is 0 Å². The molecule has 1 aromatic carbocycles. The zero-order valence-electron chi connectivity index (χ0n) is 9.88. The van der Waals surface area contributed by atoms with E-state index in [4.69, 9.17) is 4.74 Å². The quantitative estimate of drug-likeness (QED) is 0.730. The number of rotatable bonds is 4. The molecule has 0 unspecified atom stereocenters. The summed E-state index contributed by atoms with van der Waals surface area (Å²) < 4.78 is 18.7. The Balaban J connectivity index is 2.79. The zero-order valence-corrected chi connectivity index (χ0v) is 9.88. The van der Waals surface area contributed by atoms with E-state index in [0.29, 0.717) is 24.2 Å². The lowest BCUT2D eigenvalue weighted by molar-refractivity contribution is 0.269. The van der Waals surface area contributed by atoms with E-state index in [0.717, 1.165) is 5.56 Å². The third-order valence-corrected chi connectivity index (χ3v) is 2.14. The van der Waals surface area contributed by atoms with Crippen LogP contribution in [0.25, 0.3) is 0 Å². The van der Waals surface area contributed by atoms with E-state index in [1.165, 1.54) is 6.07 Å². The Kier molecular flexibility index (Phi) is 4.13. The van der Waals surface area contributed by atoms with E-state index in [2.05, 4.69) is 13.8 Å². The monoisotopic (exact) mass is 210 g/mol. The van der Waals surface area contributed by atoms with Crippen molar-refractivity contribution in [3.63, 3.8) is 0 Å². The Morgan fingerprint density at radius 3 is 2.33 bits per heavy atom. The molecule has 0 fully saturated rings. The van der Waals surface area contributed by atoms with Crippen LogP contribution in [-0.4, -0.2) is 6.61 Å². The maximum Gasteiger partial charge on any atom is 0.127 e. The van der Waals surface area contributed by atoms with Crippen molar-refractivity contribution in [1.82, 2.24) is 0 Å². The van der Waals surface area contributed by atoms with Gasteiger partial charge in [0.15, 0.2) is 0 Å². The molecule has 0 spiro atoms. The maximum atomic E-state index is 13.2. The van der Waals surface area contributed by atoms with Crippen molar-refractivity contribution in [2.24, 2.45) is 5.92 Å². The van der Waals surface area contributed by atoms with Crippen molar-refractivity contribution in [2.75, 3.05) is 6.61 Å². The molecule has 1 rings (SSSR count). The van der Waals surface area contributed by atoms with Gasteiger partial charge in [-0.1, -0.05) is 27.7 Å². The lowest BCUT2D eigenvalue weighted by Gasteiger charge is -2.12. The first-order valence-corrected chi connectivity index (χ1v) is 5.42. The predicted molar refractivity (Wildman–Crippen MR) is 60.8 cm³/mol. The molecule has 1 nitrogen and oxygen atoms in total. The van der Waals surface area contributed by atoms with Crippen LogP contribution in [-0.2, 0) is 0 Å². The van der Waals surface area contributed by atoms with Gasteiger partial charge in [-0.05, 0) is 29.5 Å². The second kappa shape index (κ2) is 5.15. The predicted octanol–water partition coefficient (Wildman–Crippen LogP) is 3.98. The van der Waals surface area contributed by atoms with Gasteiger partial charge in [-0.25, -0.2) is 4.39 Å². The first kappa shape index (κ1) is 12.0. The van der Waals surface area contributed by atoms with E-state index in [-0.39, 0.29) is 5.82 Å². The van der Waals surface area contributed by atoms with Crippen LogP contribution >= 0.6 is 0 Å². The first-order chi connectivity index (χ1) is 6.99. The summed E-state index contributed by atoms with van der Waals surface area (Å²) in [5, 5.41) is 0. The van der Waals surface area contributed by atoms with Gasteiger partial charge in [0, 0.05) is 6.07 Å². The lowest BCUT2D eigenvalue weighted by Crippen LogP contribution is -2.05. The highest BCUT2D eigenvalue weighted by atomic mass is 19.1. The number of hydrogen-bond acceptors (Lipinski definition) is 1. The Labute approximate surface area is 91.3 Å². The Hall–Kier alpha value is -1.05. The van der Waals surface area contributed by atoms with Gasteiger partial charge in [0.1, 0.15) is 11.6 Å². The van der Waals surface area contributed by atoms with Gasteiger partial charge in [-0.2, -0.15) is 0 Å². The molecule has 0 atom stereocenters. The number of hydrogen-bond donors (Lipinski definition) is 0. The summed E-state index contributed by atoms with van der Waals surface area (Å²) in [4.78, 5) is 0. The minimum atomic E-state index is -0.222. The first-order valence-electron chi connectivity index (χ1n) is 5.42. The Morgan fingerprint density at radius 1 is 1.13 bits per heavy atom. The third kappa shape index (κ3) is 3.90. The fourth-order valence-corrected chi connectivity index (χ4v) is 1.26. The highest BCUT2D eigenvalue weighted by Gasteiger charge is 2.05. The summed E-state index contributed by atoms with van der Waals surface area (Å²) in [6.07, 6.45) is 0. The van der Waals surface area contributed by atoms with Crippen LogP contribution in [0.5, 0.6) is 5.75 Å². The molecule has 0 saturated heterocycles. The molecule has 2 heteroatoms. The van der Waals surface area contributed by atoms with Crippen LogP contribution in [0.4, 0.5) is 4.39 Å². The molecule has 0 aromatic heterocycles.